The minimum atomic E-state index is -0.920. The molecule has 0 aliphatic carbocycles. The number of nitrogens with zero attached hydrogens (tertiary/aromatic N) is 1. The predicted molar refractivity (Wildman–Crippen MR) is 56.5 cm³/mol. The Morgan fingerprint density at radius 1 is 1.44 bits per heavy atom. The van der Waals surface area contributed by atoms with Crippen LogP contribution in [0, 0.1) is 0 Å². The number of carbonyl (C=O) groups excluding carboxylic acids is 1. The smallest absolute Gasteiger partial charge is 0.305 e. The Morgan fingerprint density at radius 3 is 2.94 bits per heavy atom. The first kappa shape index (κ1) is 10.5. The lowest BCUT2D eigenvalue weighted by Crippen LogP contribution is -2.39. The summed E-state index contributed by atoms with van der Waals surface area (Å²) in [6, 6.07) is 7.10. The lowest BCUT2D eigenvalue weighted by Gasteiger charge is -2.28. The van der Waals surface area contributed by atoms with Gasteiger partial charge in [0, 0.05) is 6.54 Å². The van der Waals surface area contributed by atoms with Crippen molar-refractivity contribution in [2.45, 2.75) is 6.42 Å². The van der Waals surface area contributed by atoms with Gasteiger partial charge in [-0.05, 0) is 12.1 Å². The summed E-state index contributed by atoms with van der Waals surface area (Å²) >= 11 is 0. The molecular weight excluding hydrogens is 210 g/mol. The molecule has 1 aliphatic heterocycles. The molecule has 1 amide bonds. The molecule has 16 heavy (non-hydrogen) atoms. The van der Waals surface area contributed by atoms with Crippen LogP contribution in [-0.2, 0) is 9.59 Å². The molecule has 0 bridgehead atoms. The van der Waals surface area contributed by atoms with Gasteiger partial charge in [-0.25, -0.2) is 0 Å². The van der Waals surface area contributed by atoms with Gasteiger partial charge in [0.1, 0.15) is 5.75 Å². The van der Waals surface area contributed by atoms with E-state index in [1.54, 1.807) is 18.2 Å². The van der Waals surface area contributed by atoms with Gasteiger partial charge < -0.3 is 14.7 Å². The summed E-state index contributed by atoms with van der Waals surface area (Å²) in [5.41, 5.74) is 0.639. The van der Waals surface area contributed by atoms with Crippen LogP contribution in [0.5, 0.6) is 5.75 Å². The third-order valence-corrected chi connectivity index (χ3v) is 2.36. The highest BCUT2D eigenvalue weighted by molar-refractivity contribution is 5.98. The first-order valence-corrected chi connectivity index (χ1v) is 4.92. The number of carbonyl (C=O) groups is 2. The second-order valence-electron chi connectivity index (χ2n) is 3.45. The van der Waals surface area contributed by atoms with Crippen molar-refractivity contribution in [3.8, 4) is 5.75 Å². The summed E-state index contributed by atoms with van der Waals surface area (Å²) in [6.45, 7) is 0.144. The number of ether oxygens (including phenoxy) is 1. The molecule has 5 nitrogen and oxygen atoms in total. The number of anilines is 1. The van der Waals surface area contributed by atoms with Crippen LogP contribution < -0.4 is 9.64 Å². The number of fused-ring (bicyclic) bond motifs is 1. The summed E-state index contributed by atoms with van der Waals surface area (Å²) in [7, 11) is 0. The fourth-order valence-electron chi connectivity index (χ4n) is 1.61. The topological polar surface area (TPSA) is 66.8 Å². The van der Waals surface area contributed by atoms with Crippen LogP contribution in [0.3, 0.4) is 0 Å². The largest absolute Gasteiger partial charge is 0.482 e. The van der Waals surface area contributed by atoms with E-state index in [2.05, 4.69) is 0 Å². The molecule has 0 unspecified atom stereocenters. The van der Waals surface area contributed by atoms with Crippen molar-refractivity contribution in [2.24, 2.45) is 0 Å². The summed E-state index contributed by atoms with van der Waals surface area (Å²) in [5.74, 6) is -0.510. The lowest BCUT2D eigenvalue weighted by atomic mass is 10.2. The predicted octanol–water partition coefficient (Wildman–Crippen LogP) is 0.887. The van der Waals surface area contributed by atoms with Gasteiger partial charge in [-0.15, -0.1) is 0 Å². The molecule has 1 aromatic rings. The van der Waals surface area contributed by atoms with Gasteiger partial charge in [-0.2, -0.15) is 0 Å². The molecule has 1 aromatic carbocycles. The molecule has 1 heterocycles. The molecule has 1 aliphatic rings. The van der Waals surface area contributed by atoms with E-state index in [0.717, 1.165) is 0 Å². The molecule has 0 atom stereocenters. The number of amides is 1. The molecule has 84 valence electrons. The quantitative estimate of drug-likeness (QED) is 0.823. The van der Waals surface area contributed by atoms with Crippen LogP contribution in [0.25, 0.3) is 0 Å². The van der Waals surface area contributed by atoms with Crippen LogP contribution in [0.4, 0.5) is 5.69 Å². The van der Waals surface area contributed by atoms with E-state index >= 15 is 0 Å². The molecule has 0 saturated carbocycles. The molecule has 0 saturated heterocycles. The standard InChI is InChI=1S/C11H11NO4/c13-10-7-16-9-4-2-1-3-8(9)12(10)6-5-11(14)15/h1-4H,5-7H2,(H,14,15). The Labute approximate surface area is 92.2 Å². The number of hydrogen-bond donors (Lipinski definition) is 1. The van der Waals surface area contributed by atoms with Crippen molar-refractivity contribution in [1.29, 1.82) is 0 Å². The van der Waals surface area contributed by atoms with Gasteiger partial charge in [-0.3, -0.25) is 9.59 Å². The number of carboxylic acid groups (broad SMARTS) is 1. The minimum Gasteiger partial charge on any atom is -0.482 e. The highest BCUT2D eigenvalue weighted by atomic mass is 16.5. The molecule has 0 fully saturated rings. The normalized spacial score (nSPS) is 14.2. The van der Waals surface area contributed by atoms with Gasteiger partial charge in [0.2, 0.25) is 0 Å². The Hall–Kier alpha value is -2.04. The monoisotopic (exact) mass is 221 g/mol. The third kappa shape index (κ3) is 1.98. The average molecular weight is 221 g/mol. The van der Waals surface area contributed by atoms with Crippen molar-refractivity contribution in [1.82, 2.24) is 0 Å². The first-order valence-electron chi connectivity index (χ1n) is 4.92. The maximum absolute atomic E-state index is 11.6. The van der Waals surface area contributed by atoms with E-state index in [4.69, 9.17) is 9.84 Å². The van der Waals surface area contributed by atoms with Crippen LogP contribution in [0.2, 0.25) is 0 Å². The zero-order chi connectivity index (χ0) is 11.5. The number of carboxylic acids is 1. The molecule has 0 spiro atoms. The van der Waals surface area contributed by atoms with Crippen LogP contribution in [-0.4, -0.2) is 30.1 Å². The third-order valence-electron chi connectivity index (χ3n) is 2.36. The summed E-state index contributed by atoms with van der Waals surface area (Å²) in [6.07, 6.45) is -0.0694. The second kappa shape index (κ2) is 4.22. The van der Waals surface area contributed by atoms with Crippen LogP contribution >= 0.6 is 0 Å². The Balaban J connectivity index is 2.23. The Kier molecular flexibility index (Phi) is 2.76. The van der Waals surface area contributed by atoms with Gasteiger partial charge in [-0.1, -0.05) is 12.1 Å². The SMILES string of the molecule is O=C(O)CCN1C(=O)COc2ccccc21. The highest BCUT2D eigenvalue weighted by Crippen LogP contribution is 2.31. The number of hydrogen-bond acceptors (Lipinski definition) is 3. The fraction of sp³-hybridized carbons (Fsp3) is 0.273. The molecule has 0 radical (unpaired) electrons. The van der Waals surface area contributed by atoms with Crippen LogP contribution in [0.1, 0.15) is 6.42 Å². The maximum Gasteiger partial charge on any atom is 0.305 e. The fourth-order valence-corrected chi connectivity index (χ4v) is 1.61. The van der Waals surface area contributed by atoms with E-state index in [9.17, 15) is 9.59 Å². The summed E-state index contributed by atoms with van der Waals surface area (Å²) in [4.78, 5) is 23.5. The van der Waals surface area contributed by atoms with E-state index < -0.39 is 5.97 Å². The average Bonchev–Trinajstić information content (AvgIpc) is 2.27. The number of aliphatic carboxylic acids is 1. The maximum atomic E-state index is 11.6. The molecule has 2 rings (SSSR count). The number of rotatable bonds is 3. The van der Waals surface area contributed by atoms with E-state index in [0.29, 0.717) is 11.4 Å². The van der Waals surface area contributed by atoms with Crippen molar-refractivity contribution in [3.05, 3.63) is 24.3 Å². The zero-order valence-electron chi connectivity index (χ0n) is 8.55. The van der Waals surface area contributed by atoms with E-state index in [1.807, 2.05) is 6.07 Å². The lowest BCUT2D eigenvalue weighted by molar-refractivity contribution is -0.136. The van der Waals surface area contributed by atoms with Crippen molar-refractivity contribution in [2.75, 3.05) is 18.1 Å². The van der Waals surface area contributed by atoms with Crippen LogP contribution in [0.15, 0.2) is 24.3 Å². The first-order chi connectivity index (χ1) is 7.68. The van der Waals surface area contributed by atoms with Gasteiger partial charge in [0.25, 0.3) is 5.91 Å². The van der Waals surface area contributed by atoms with E-state index in [1.165, 1.54) is 4.90 Å². The highest BCUT2D eigenvalue weighted by Gasteiger charge is 2.25. The van der Waals surface area contributed by atoms with Gasteiger partial charge >= 0.3 is 5.97 Å². The second-order valence-corrected chi connectivity index (χ2v) is 3.45. The van der Waals surface area contributed by atoms with Gasteiger partial charge in [0.05, 0.1) is 12.1 Å². The van der Waals surface area contributed by atoms with Gasteiger partial charge in [0.15, 0.2) is 6.61 Å². The Morgan fingerprint density at radius 2 is 2.19 bits per heavy atom. The van der Waals surface area contributed by atoms with Crippen molar-refractivity contribution < 1.29 is 19.4 Å². The van der Waals surface area contributed by atoms with Crippen molar-refractivity contribution >= 4 is 17.6 Å². The van der Waals surface area contributed by atoms with E-state index in [-0.39, 0.29) is 25.5 Å². The molecule has 1 N–H and O–H groups in total. The number of benzene rings is 1. The summed E-state index contributed by atoms with van der Waals surface area (Å²) in [5, 5.41) is 8.61. The minimum absolute atomic E-state index is 0.0311. The number of para-hydroxylation sites is 2. The Bertz CT molecular complexity index is 430. The van der Waals surface area contributed by atoms with Crippen molar-refractivity contribution in [3.63, 3.8) is 0 Å². The molecular formula is C11H11NO4. The summed E-state index contributed by atoms with van der Waals surface area (Å²) < 4.78 is 5.23. The molecule has 0 aromatic heterocycles. The zero-order valence-corrected chi connectivity index (χ0v) is 8.55. The molecule has 5 heteroatoms.